The van der Waals surface area contributed by atoms with Crippen LogP contribution in [0, 0.1) is 0 Å². The van der Waals surface area contributed by atoms with Crippen molar-refractivity contribution in [2.75, 3.05) is 12.4 Å². The monoisotopic (exact) mass is 272 g/mol. The number of carbonyl (C=O) groups excluding carboxylic acids is 2. The second-order valence-electron chi connectivity index (χ2n) is 4.08. The van der Waals surface area contributed by atoms with Crippen LogP contribution in [0.2, 0.25) is 0 Å². The quantitative estimate of drug-likeness (QED) is 0.525. The van der Waals surface area contributed by atoms with Crippen LogP contribution in [0.4, 0.5) is 0 Å². The zero-order valence-corrected chi connectivity index (χ0v) is 10.5. The lowest BCUT2D eigenvalue weighted by Crippen LogP contribution is -2.68. The van der Waals surface area contributed by atoms with Gasteiger partial charge in [-0.15, -0.1) is 11.8 Å². The molecule has 0 spiro atoms. The number of hydrogen-bond donors (Lipinski definition) is 2. The number of thioether (sulfide) groups is 1. The van der Waals surface area contributed by atoms with E-state index in [1.807, 2.05) is 0 Å². The molecule has 1 saturated heterocycles. The van der Waals surface area contributed by atoms with Crippen molar-refractivity contribution < 1.29 is 24.2 Å². The number of β-lactam (4-membered cyclic amide) rings is 1. The molecule has 0 bridgehead atoms. The van der Waals surface area contributed by atoms with Crippen LogP contribution in [-0.4, -0.2) is 45.2 Å². The Hall–Kier alpha value is -1.54. The van der Waals surface area contributed by atoms with Crippen molar-refractivity contribution in [1.29, 1.82) is 0 Å². The summed E-state index contributed by atoms with van der Waals surface area (Å²) in [5.74, 6) is -1.74. The highest BCUT2D eigenvalue weighted by Crippen LogP contribution is 2.45. The molecule has 1 fully saturated rings. The number of ether oxygens (including phenoxy) is 1. The molecule has 1 unspecified atom stereocenters. The van der Waals surface area contributed by atoms with Gasteiger partial charge in [-0.3, -0.25) is 20.2 Å². The number of rotatable bonds is 3. The van der Waals surface area contributed by atoms with Crippen LogP contribution in [0.1, 0.15) is 13.3 Å². The molecule has 1 amide bonds. The number of amides is 1. The SMILES string of the molecule is CC(=O)OCC1=C(C(=O)O)N2C(=O)CC2(N)SC1. The van der Waals surface area contributed by atoms with Crippen LogP contribution in [-0.2, 0) is 19.1 Å². The van der Waals surface area contributed by atoms with Crippen molar-refractivity contribution >= 4 is 29.6 Å². The van der Waals surface area contributed by atoms with E-state index in [0.29, 0.717) is 11.3 Å². The lowest BCUT2D eigenvalue weighted by atomic mass is 10.0. The van der Waals surface area contributed by atoms with Gasteiger partial charge in [-0.1, -0.05) is 0 Å². The van der Waals surface area contributed by atoms with Gasteiger partial charge in [0.2, 0.25) is 5.91 Å². The molecule has 1 atom stereocenters. The van der Waals surface area contributed by atoms with E-state index in [4.69, 9.17) is 10.5 Å². The van der Waals surface area contributed by atoms with Crippen LogP contribution in [0.5, 0.6) is 0 Å². The van der Waals surface area contributed by atoms with Gasteiger partial charge in [0, 0.05) is 18.2 Å². The topological polar surface area (TPSA) is 110 Å². The van der Waals surface area contributed by atoms with E-state index in [1.54, 1.807) is 0 Å². The predicted molar refractivity (Wildman–Crippen MR) is 62.1 cm³/mol. The molecule has 0 aromatic carbocycles. The van der Waals surface area contributed by atoms with Gasteiger partial charge < -0.3 is 9.84 Å². The number of nitrogens with zero attached hydrogens (tertiary/aromatic N) is 1. The number of carboxylic acids is 1. The number of carboxylic acid groups (broad SMARTS) is 1. The molecule has 2 heterocycles. The van der Waals surface area contributed by atoms with Gasteiger partial charge in [0.1, 0.15) is 12.3 Å². The molecule has 0 aromatic rings. The molecule has 18 heavy (non-hydrogen) atoms. The summed E-state index contributed by atoms with van der Waals surface area (Å²) in [6, 6.07) is 0. The number of hydrogen-bond acceptors (Lipinski definition) is 6. The fourth-order valence-electron chi connectivity index (χ4n) is 1.91. The normalized spacial score (nSPS) is 26.6. The molecule has 8 heteroatoms. The minimum Gasteiger partial charge on any atom is -0.477 e. The van der Waals surface area contributed by atoms with E-state index >= 15 is 0 Å². The number of nitrogens with two attached hydrogens (primary N) is 1. The Kier molecular flexibility index (Phi) is 3.07. The Balaban J connectivity index is 2.31. The van der Waals surface area contributed by atoms with Gasteiger partial charge >= 0.3 is 11.9 Å². The molecule has 0 radical (unpaired) electrons. The van der Waals surface area contributed by atoms with Crippen LogP contribution >= 0.6 is 11.8 Å². The first kappa shape index (κ1) is 12.9. The van der Waals surface area contributed by atoms with Crippen LogP contribution < -0.4 is 5.73 Å². The van der Waals surface area contributed by atoms with Gasteiger partial charge in [-0.25, -0.2) is 4.79 Å². The summed E-state index contributed by atoms with van der Waals surface area (Å²) < 4.78 is 4.79. The number of esters is 1. The maximum Gasteiger partial charge on any atom is 0.352 e. The average molecular weight is 272 g/mol. The smallest absolute Gasteiger partial charge is 0.352 e. The van der Waals surface area contributed by atoms with Crippen molar-refractivity contribution in [2.45, 2.75) is 18.3 Å². The molecule has 2 aliphatic rings. The summed E-state index contributed by atoms with van der Waals surface area (Å²) in [7, 11) is 0. The predicted octanol–water partition coefficient (Wildman–Crippen LogP) is -0.520. The van der Waals surface area contributed by atoms with E-state index in [0.717, 1.165) is 4.90 Å². The molecule has 7 nitrogen and oxygen atoms in total. The Morgan fingerprint density at radius 2 is 2.28 bits per heavy atom. The Morgan fingerprint density at radius 3 is 2.78 bits per heavy atom. The summed E-state index contributed by atoms with van der Waals surface area (Å²) in [5.41, 5.74) is 6.14. The highest BCUT2D eigenvalue weighted by atomic mass is 32.2. The van der Waals surface area contributed by atoms with E-state index in [2.05, 4.69) is 0 Å². The Bertz CT molecular complexity index is 475. The summed E-state index contributed by atoms with van der Waals surface area (Å²) in [4.78, 5) is 33.6. The molecular formula is C10H12N2O5S. The van der Waals surface area contributed by atoms with Crippen molar-refractivity contribution in [3.05, 3.63) is 11.3 Å². The number of fused-ring (bicyclic) bond motifs is 1. The Morgan fingerprint density at radius 1 is 1.61 bits per heavy atom. The first-order valence-corrected chi connectivity index (χ1v) is 6.18. The van der Waals surface area contributed by atoms with Gasteiger partial charge in [0.25, 0.3) is 0 Å². The fraction of sp³-hybridized carbons (Fsp3) is 0.500. The maximum atomic E-state index is 11.5. The minimum atomic E-state index is -1.24. The zero-order chi connectivity index (χ0) is 13.5. The maximum absolute atomic E-state index is 11.5. The second kappa shape index (κ2) is 4.29. The van der Waals surface area contributed by atoms with Gasteiger partial charge in [-0.2, -0.15) is 0 Å². The highest BCUT2D eigenvalue weighted by molar-refractivity contribution is 8.00. The fourth-order valence-corrected chi connectivity index (χ4v) is 3.10. The largest absolute Gasteiger partial charge is 0.477 e. The first-order chi connectivity index (χ1) is 8.35. The van der Waals surface area contributed by atoms with Crippen molar-refractivity contribution in [3.63, 3.8) is 0 Å². The molecule has 0 saturated carbocycles. The summed E-state index contributed by atoms with van der Waals surface area (Å²) >= 11 is 1.27. The zero-order valence-electron chi connectivity index (χ0n) is 9.63. The first-order valence-electron chi connectivity index (χ1n) is 5.20. The average Bonchev–Trinajstić information content (AvgIpc) is 2.25. The van der Waals surface area contributed by atoms with Gasteiger partial charge in [0.05, 0.1) is 6.42 Å². The third-order valence-electron chi connectivity index (χ3n) is 2.74. The van der Waals surface area contributed by atoms with Crippen molar-refractivity contribution in [1.82, 2.24) is 4.90 Å². The highest BCUT2D eigenvalue weighted by Gasteiger charge is 2.55. The molecular weight excluding hydrogens is 260 g/mol. The summed E-state index contributed by atoms with van der Waals surface area (Å²) in [6.45, 7) is 1.10. The minimum absolute atomic E-state index is 0.120. The second-order valence-corrected chi connectivity index (χ2v) is 5.36. The number of carbonyl (C=O) groups is 3. The molecule has 0 aliphatic carbocycles. The van der Waals surface area contributed by atoms with Crippen LogP contribution in [0.3, 0.4) is 0 Å². The lowest BCUT2D eigenvalue weighted by Gasteiger charge is -2.51. The molecule has 98 valence electrons. The van der Waals surface area contributed by atoms with Crippen molar-refractivity contribution in [3.8, 4) is 0 Å². The molecule has 2 rings (SSSR count). The van der Waals surface area contributed by atoms with Gasteiger partial charge in [0.15, 0.2) is 4.99 Å². The third-order valence-corrected chi connectivity index (χ3v) is 4.06. The third kappa shape index (κ3) is 1.97. The standard InChI is InChI=1S/C10H12N2O5S/c1-5(13)17-3-6-4-18-10(11)2-7(14)12(10)8(6)9(15)16/h2-4,11H2,1H3,(H,15,16). The summed E-state index contributed by atoms with van der Waals surface area (Å²) in [6.07, 6.45) is 0.120. The summed E-state index contributed by atoms with van der Waals surface area (Å²) in [5, 5.41) is 9.17. The van der Waals surface area contributed by atoms with E-state index in [1.165, 1.54) is 18.7 Å². The molecule has 0 aromatic heterocycles. The lowest BCUT2D eigenvalue weighted by molar-refractivity contribution is -0.151. The Labute approximate surface area is 107 Å². The number of aliphatic carboxylic acids is 1. The van der Waals surface area contributed by atoms with E-state index in [9.17, 15) is 19.5 Å². The molecule has 2 aliphatic heterocycles. The molecule has 3 N–H and O–H groups in total. The van der Waals surface area contributed by atoms with E-state index < -0.39 is 16.9 Å². The van der Waals surface area contributed by atoms with E-state index in [-0.39, 0.29) is 24.6 Å². The van der Waals surface area contributed by atoms with Crippen LogP contribution in [0.25, 0.3) is 0 Å². The van der Waals surface area contributed by atoms with Crippen molar-refractivity contribution in [2.24, 2.45) is 5.73 Å². The van der Waals surface area contributed by atoms with Crippen LogP contribution in [0.15, 0.2) is 11.3 Å². The van der Waals surface area contributed by atoms with Gasteiger partial charge in [-0.05, 0) is 0 Å².